The molecule has 1 atom stereocenters. The van der Waals surface area contributed by atoms with Crippen molar-refractivity contribution in [2.24, 2.45) is 0 Å². The van der Waals surface area contributed by atoms with Gasteiger partial charge in [-0.2, -0.15) is 4.98 Å². The summed E-state index contributed by atoms with van der Waals surface area (Å²) in [5.74, 6) is 1.92. The topological polar surface area (TPSA) is 68.5 Å². The number of nitrogens with zero attached hydrogens (tertiary/aromatic N) is 3. The fourth-order valence-electron chi connectivity index (χ4n) is 3.06. The normalized spacial score (nSPS) is 25.6. The quantitative estimate of drug-likeness (QED) is 0.854. The van der Waals surface area contributed by atoms with Crippen LogP contribution in [0.1, 0.15) is 62.2 Å². The summed E-state index contributed by atoms with van der Waals surface area (Å²) in [4.78, 5) is 19.0. The third kappa shape index (κ3) is 2.43. The Morgan fingerprint density at radius 1 is 1.29 bits per heavy atom. The molecule has 1 aliphatic carbocycles. The van der Waals surface area contributed by atoms with Gasteiger partial charge in [0.2, 0.25) is 5.89 Å². The van der Waals surface area contributed by atoms with Gasteiger partial charge in [-0.15, -0.1) is 0 Å². The van der Waals surface area contributed by atoms with Crippen molar-refractivity contribution in [2.75, 3.05) is 13.2 Å². The van der Waals surface area contributed by atoms with E-state index in [-0.39, 0.29) is 11.9 Å². The first-order valence-electron chi connectivity index (χ1n) is 7.78. The number of likely N-dealkylation sites (tertiary alicyclic amines) is 1. The van der Waals surface area contributed by atoms with Crippen LogP contribution in [0, 0.1) is 0 Å². The van der Waals surface area contributed by atoms with E-state index in [1.165, 1.54) is 0 Å². The van der Waals surface area contributed by atoms with Crippen LogP contribution < -0.4 is 0 Å². The molecule has 1 aromatic heterocycles. The average molecular weight is 289 g/mol. The Morgan fingerprint density at radius 3 is 2.95 bits per heavy atom. The lowest BCUT2D eigenvalue weighted by Gasteiger charge is -2.24. The molecule has 112 valence electrons. The highest BCUT2D eigenvalue weighted by atomic mass is 16.5. The summed E-state index contributed by atoms with van der Waals surface area (Å²) in [6.07, 6.45) is 7.48. The van der Waals surface area contributed by atoms with E-state index >= 15 is 0 Å². The maximum absolute atomic E-state index is 12.6. The largest absolute Gasteiger partial charge is 0.501 e. The zero-order chi connectivity index (χ0) is 14.2. The second-order valence-corrected chi connectivity index (χ2v) is 6.04. The highest BCUT2D eigenvalue weighted by Crippen LogP contribution is 2.40. The Labute approximate surface area is 123 Å². The minimum absolute atomic E-state index is 0.0448. The molecule has 0 N–H and O–H groups in total. The van der Waals surface area contributed by atoms with Gasteiger partial charge in [-0.1, -0.05) is 5.16 Å². The minimum atomic E-state index is -0.0448. The molecule has 1 saturated heterocycles. The predicted molar refractivity (Wildman–Crippen MR) is 73.2 cm³/mol. The lowest BCUT2D eigenvalue weighted by Crippen LogP contribution is -2.33. The molecule has 0 spiro atoms. The average Bonchev–Trinajstić information content (AvgIpc) is 3.07. The van der Waals surface area contributed by atoms with Gasteiger partial charge in [0.1, 0.15) is 0 Å². The van der Waals surface area contributed by atoms with E-state index in [4.69, 9.17) is 9.26 Å². The molecule has 2 fully saturated rings. The van der Waals surface area contributed by atoms with Gasteiger partial charge in [0, 0.05) is 12.5 Å². The number of hydrogen-bond acceptors (Lipinski definition) is 5. The van der Waals surface area contributed by atoms with Gasteiger partial charge < -0.3 is 14.2 Å². The number of ether oxygens (including phenoxy) is 1. The summed E-state index contributed by atoms with van der Waals surface area (Å²) in [6.45, 7) is 1.46. The Hall–Kier alpha value is -1.85. The fourth-order valence-corrected chi connectivity index (χ4v) is 3.06. The molecule has 3 aliphatic rings. The van der Waals surface area contributed by atoms with Crippen molar-refractivity contribution in [1.82, 2.24) is 15.0 Å². The number of carbonyl (C=O) groups excluding carboxylic acids is 1. The molecule has 0 bridgehead atoms. The number of rotatable bonds is 3. The van der Waals surface area contributed by atoms with E-state index in [0.29, 0.717) is 18.3 Å². The lowest BCUT2D eigenvalue weighted by molar-refractivity contribution is -0.128. The fraction of sp³-hybridized carbons (Fsp3) is 0.667. The van der Waals surface area contributed by atoms with E-state index < -0.39 is 0 Å². The van der Waals surface area contributed by atoms with Crippen LogP contribution in [0.4, 0.5) is 0 Å². The lowest BCUT2D eigenvalue weighted by atomic mass is 10.1. The number of amides is 1. The molecular formula is C15H19N3O3. The van der Waals surface area contributed by atoms with Crippen LogP contribution in [0.25, 0.3) is 0 Å². The first-order valence-corrected chi connectivity index (χ1v) is 7.78. The third-order valence-corrected chi connectivity index (χ3v) is 4.40. The van der Waals surface area contributed by atoms with Crippen molar-refractivity contribution in [3.8, 4) is 0 Å². The third-order valence-electron chi connectivity index (χ3n) is 4.40. The van der Waals surface area contributed by atoms with E-state index in [0.717, 1.165) is 56.5 Å². The first-order chi connectivity index (χ1) is 10.3. The molecule has 1 amide bonds. The van der Waals surface area contributed by atoms with E-state index in [2.05, 4.69) is 10.1 Å². The van der Waals surface area contributed by atoms with Gasteiger partial charge in [-0.3, -0.25) is 4.79 Å². The SMILES string of the molecule is O=C(C1=COCCC1)N1CCC[C@@H]1c1noc(C2CC2)n1. The number of carbonyl (C=O) groups is 1. The first kappa shape index (κ1) is 12.9. The van der Waals surface area contributed by atoms with E-state index in [9.17, 15) is 4.79 Å². The molecule has 6 nitrogen and oxygen atoms in total. The van der Waals surface area contributed by atoms with Crippen LogP contribution in [0.5, 0.6) is 0 Å². The van der Waals surface area contributed by atoms with Crippen LogP contribution in [0.3, 0.4) is 0 Å². The summed E-state index contributed by atoms with van der Waals surface area (Å²) < 4.78 is 10.6. The standard InChI is InChI=1S/C15H19N3O3/c19-15(11-3-2-8-20-9-11)18-7-1-4-12(18)13-16-14(21-17-13)10-5-6-10/h9-10,12H,1-8H2/t12-/m1/s1. The van der Waals surface area contributed by atoms with Crippen molar-refractivity contribution in [2.45, 2.75) is 50.5 Å². The minimum Gasteiger partial charge on any atom is -0.501 e. The zero-order valence-electron chi connectivity index (χ0n) is 12.0. The van der Waals surface area contributed by atoms with Crippen molar-refractivity contribution in [3.63, 3.8) is 0 Å². The monoisotopic (exact) mass is 289 g/mol. The maximum Gasteiger partial charge on any atom is 0.253 e. The summed E-state index contributed by atoms with van der Waals surface area (Å²) in [7, 11) is 0. The van der Waals surface area contributed by atoms with Crippen LogP contribution in [-0.2, 0) is 9.53 Å². The predicted octanol–water partition coefficient (Wildman–Crippen LogP) is 2.30. The molecule has 3 heterocycles. The van der Waals surface area contributed by atoms with Gasteiger partial charge >= 0.3 is 0 Å². The molecule has 0 radical (unpaired) electrons. The maximum atomic E-state index is 12.6. The van der Waals surface area contributed by atoms with Crippen LogP contribution in [0.2, 0.25) is 0 Å². The molecule has 21 heavy (non-hydrogen) atoms. The van der Waals surface area contributed by atoms with Crippen LogP contribution in [0.15, 0.2) is 16.4 Å². The highest BCUT2D eigenvalue weighted by molar-refractivity contribution is 5.93. The van der Waals surface area contributed by atoms with Crippen molar-refractivity contribution in [1.29, 1.82) is 0 Å². The summed E-state index contributed by atoms with van der Waals surface area (Å²) >= 11 is 0. The summed E-state index contributed by atoms with van der Waals surface area (Å²) in [5.41, 5.74) is 0.763. The smallest absolute Gasteiger partial charge is 0.253 e. The zero-order valence-corrected chi connectivity index (χ0v) is 12.0. The summed E-state index contributed by atoms with van der Waals surface area (Å²) in [5, 5.41) is 4.11. The second-order valence-electron chi connectivity index (χ2n) is 6.04. The Kier molecular flexibility index (Phi) is 3.16. The molecule has 0 aromatic carbocycles. The van der Waals surface area contributed by atoms with E-state index in [1.54, 1.807) is 6.26 Å². The van der Waals surface area contributed by atoms with E-state index in [1.807, 2.05) is 4.90 Å². The van der Waals surface area contributed by atoms with Crippen molar-refractivity contribution < 1.29 is 14.1 Å². The molecule has 2 aliphatic heterocycles. The van der Waals surface area contributed by atoms with Gasteiger partial charge in [0.15, 0.2) is 5.82 Å². The number of hydrogen-bond donors (Lipinski definition) is 0. The van der Waals surface area contributed by atoms with Crippen molar-refractivity contribution in [3.05, 3.63) is 23.6 Å². The molecule has 6 heteroatoms. The molecule has 4 rings (SSSR count). The van der Waals surface area contributed by atoms with Gasteiger partial charge in [0.25, 0.3) is 5.91 Å². The highest BCUT2D eigenvalue weighted by Gasteiger charge is 2.37. The van der Waals surface area contributed by atoms with Crippen molar-refractivity contribution >= 4 is 5.91 Å². The Morgan fingerprint density at radius 2 is 2.19 bits per heavy atom. The molecule has 1 aromatic rings. The van der Waals surface area contributed by atoms with Crippen LogP contribution >= 0.6 is 0 Å². The molecular weight excluding hydrogens is 270 g/mol. The van der Waals surface area contributed by atoms with Gasteiger partial charge in [0.05, 0.1) is 24.5 Å². The molecule has 0 unspecified atom stereocenters. The Balaban J connectivity index is 1.53. The van der Waals surface area contributed by atoms with Gasteiger partial charge in [-0.05, 0) is 38.5 Å². The summed E-state index contributed by atoms with van der Waals surface area (Å²) in [6, 6.07) is -0.0448. The van der Waals surface area contributed by atoms with Crippen LogP contribution in [-0.4, -0.2) is 34.1 Å². The number of aromatic nitrogens is 2. The molecule has 1 saturated carbocycles. The Bertz CT molecular complexity index is 576. The van der Waals surface area contributed by atoms with Gasteiger partial charge in [-0.25, -0.2) is 0 Å². The second kappa shape index (κ2) is 5.16.